The third-order valence-electron chi connectivity index (χ3n) is 18.6. The van der Waals surface area contributed by atoms with Gasteiger partial charge >= 0.3 is 0 Å². The second-order valence-corrected chi connectivity index (χ2v) is 24.9. The van der Waals surface area contributed by atoms with Gasteiger partial charge in [-0.3, -0.25) is 4.98 Å². The van der Waals surface area contributed by atoms with Gasteiger partial charge in [-0.2, -0.15) is 0 Å². The summed E-state index contributed by atoms with van der Waals surface area (Å²) < 4.78 is 23.0. The number of fused-ring (bicyclic) bond motifs is 3. The van der Waals surface area contributed by atoms with E-state index in [-0.39, 0.29) is 0 Å². The van der Waals surface area contributed by atoms with Crippen molar-refractivity contribution in [2.45, 2.75) is 27.7 Å². The van der Waals surface area contributed by atoms with Crippen LogP contribution >= 0.6 is 0 Å². The summed E-state index contributed by atoms with van der Waals surface area (Å²) in [6.07, 6.45) is 21.4. The molecule has 0 unspecified atom stereocenters. The van der Waals surface area contributed by atoms with Crippen molar-refractivity contribution in [1.29, 1.82) is 0 Å². The van der Waals surface area contributed by atoms with Crippen molar-refractivity contribution >= 4 is 21.9 Å². The third kappa shape index (κ3) is 13.1. The van der Waals surface area contributed by atoms with Crippen LogP contribution in [-0.2, 0) is 56.4 Å². The maximum atomic E-state index is 6.18. The van der Waals surface area contributed by atoms with E-state index in [0.29, 0.717) is 0 Å². The average Bonchev–Trinajstić information content (AvgIpc) is 1.63. The first-order valence-corrected chi connectivity index (χ1v) is 33.0. The molecule has 0 fully saturated rings. The fourth-order valence-electron chi connectivity index (χ4n) is 13.3. The number of hydrogen-bond acceptors (Lipinski definition) is 7. The molecule has 0 spiro atoms. The molecule has 16 aromatic rings. The standard InChI is InChI=1S/2C23H22N3.C22H19N4O.C16H17N4/c1-17-19(22-14-7-8-15-25(22)2)12-9-13-20(17)23-24-21(16-26(23)3)18-10-5-4-6-11-18;1-17-19(21-14-7-8-15-25(21)2)12-9-13-20(17)23-24-16-22(26(23)3)18-10-5-4-6-11-18;1-14-16(22-24-9-11-26(22)3)12-18-21(15-7-8-23-13-19(15)27-18)20(14)17-6-4-5-10-25(17)2;1-12-13(15-9-4-5-10-19(15)2)7-6-8-14(12)16-18-17-11-20(16)3/h2*4-16H,1-3H3;4-13H,1-3H3;4-11H,1-3H3/q4*+1. The van der Waals surface area contributed by atoms with E-state index in [1.807, 2.05) is 103 Å². The molecule has 10 aromatic heterocycles. The minimum absolute atomic E-state index is 0.795. The summed E-state index contributed by atoms with van der Waals surface area (Å²) in [6.45, 7) is 8.64. The number of hydrogen-bond donors (Lipinski definition) is 0. The fourth-order valence-corrected chi connectivity index (χ4v) is 13.3. The number of nitrogens with zero attached hydrogens (tertiary/aromatic N) is 14. The Morgan fingerprint density at radius 2 is 0.889 bits per heavy atom. The molecule has 0 aliphatic carbocycles. The molecule has 0 aliphatic rings. The number of imidazole rings is 3. The van der Waals surface area contributed by atoms with Crippen LogP contribution in [0, 0.1) is 27.7 Å². The van der Waals surface area contributed by atoms with Crippen LogP contribution in [0.4, 0.5) is 0 Å². The van der Waals surface area contributed by atoms with Crippen LogP contribution in [0.5, 0.6) is 0 Å². The summed E-state index contributed by atoms with van der Waals surface area (Å²) in [5, 5.41) is 10.4. The highest BCUT2D eigenvalue weighted by atomic mass is 16.3. The first-order valence-electron chi connectivity index (χ1n) is 33.0. The quantitative estimate of drug-likeness (QED) is 0.125. The highest BCUT2D eigenvalue weighted by molar-refractivity contribution is 6.14. The zero-order valence-corrected chi connectivity index (χ0v) is 58.1. The molecule has 0 bridgehead atoms. The van der Waals surface area contributed by atoms with Gasteiger partial charge in [0.15, 0.2) is 36.2 Å². The van der Waals surface area contributed by atoms with Crippen molar-refractivity contribution in [1.82, 2.24) is 48.4 Å². The van der Waals surface area contributed by atoms with Gasteiger partial charge < -0.3 is 22.7 Å². The van der Waals surface area contributed by atoms with Gasteiger partial charge in [-0.05, 0) is 110 Å². The molecule has 16 rings (SSSR count). The zero-order valence-electron chi connectivity index (χ0n) is 58.1. The molecule has 488 valence electrons. The van der Waals surface area contributed by atoms with Gasteiger partial charge in [0.2, 0.25) is 22.8 Å². The molecule has 0 saturated heterocycles. The SMILES string of the molecule is Cc1c(-c2nc(-c3ccccc3)cn2C)cccc1-c1cccc[n+]1C.Cc1c(-c2ncc(-c3ccccc3)n2C)cccc1-c1cccc[n+]1C.Cc1c(-c2nccn2C)cc2oc3cnccc3c2c1-c1cccc[n+]1C.Cc1c(-c2nncn2C)cccc1-c1cccc[n+]1C. The van der Waals surface area contributed by atoms with Crippen LogP contribution in [0.1, 0.15) is 22.3 Å². The van der Waals surface area contributed by atoms with Crippen LogP contribution in [0.2, 0.25) is 0 Å². The molecule has 0 amide bonds. The topological polar surface area (TPSA) is 126 Å². The Bertz CT molecular complexity index is 5470. The molecule has 0 saturated carbocycles. The largest absolute Gasteiger partial charge is 0.454 e. The smallest absolute Gasteiger partial charge is 0.213 e. The highest BCUT2D eigenvalue weighted by Crippen LogP contribution is 2.42. The minimum Gasteiger partial charge on any atom is -0.454 e. The minimum atomic E-state index is 0.795. The summed E-state index contributed by atoms with van der Waals surface area (Å²) in [7, 11) is 16.4. The molecule has 0 aliphatic heterocycles. The number of aromatic nitrogens is 14. The zero-order chi connectivity index (χ0) is 68.8. The van der Waals surface area contributed by atoms with Crippen molar-refractivity contribution < 1.29 is 22.7 Å². The second-order valence-electron chi connectivity index (χ2n) is 24.9. The summed E-state index contributed by atoms with van der Waals surface area (Å²) in [6, 6.07) is 69.0. The van der Waals surface area contributed by atoms with E-state index in [2.05, 4.69) is 294 Å². The van der Waals surface area contributed by atoms with Gasteiger partial charge in [0.25, 0.3) is 0 Å². The Labute approximate surface area is 577 Å². The van der Waals surface area contributed by atoms with Gasteiger partial charge in [-0.25, -0.2) is 33.2 Å². The molecule has 15 nitrogen and oxygen atoms in total. The Balaban J connectivity index is 0.000000119. The normalized spacial score (nSPS) is 11.0. The summed E-state index contributed by atoms with van der Waals surface area (Å²) in [4.78, 5) is 18.4. The predicted octanol–water partition coefficient (Wildman–Crippen LogP) is 15.6. The molecule has 99 heavy (non-hydrogen) atoms. The van der Waals surface area contributed by atoms with E-state index in [1.54, 1.807) is 12.5 Å². The lowest BCUT2D eigenvalue weighted by Crippen LogP contribution is -2.30. The maximum Gasteiger partial charge on any atom is 0.213 e. The van der Waals surface area contributed by atoms with Crippen molar-refractivity contribution in [3.8, 4) is 113 Å². The third-order valence-corrected chi connectivity index (χ3v) is 18.6. The molecule has 6 aromatic carbocycles. The molecule has 10 heterocycles. The number of rotatable bonds is 10. The van der Waals surface area contributed by atoms with E-state index in [4.69, 9.17) is 14.4 Å². The van der Waals surface area contributed by atoms with Crippen LogP contribution in [0.3, 0.4) is 0 Å². The van der Waals surface area contributed by atoms with Crippen LogP contribution in [0.15, 0.2) is 273 Å². The fraction of sp³-hybridized carbons (Fsp3) is 0.143. The van der Waals surface area contributed by atoms with Crippen molar-refractivity contribution in [3.05, 3.63) is 291 Å². The van der Waals surface area contributed by atoms with E-state index in [9.17, 15) is 0 Å². The molecular weight excluding hydrogens is 1220 g/mol. The Hall–Kier alpha value is -12.4. The summed E-state index contributed by atoms with van der Waals surface area (Å²) in [5.41, 5.74) is 25.0. The number of benzene rings is 6. The van der Waals surface area contributed by atoms with E-state index >= 15 is 0 Å². The van der Waals surface area contributed by atoms with Gasteiger partial charge in [0.1, 0.15) is 57.6 Å². The average molecular weight is 1300 g/mol. The highest BCUT2D eigenvalue weighted by Gasteiger charge is 2.26. The van der Waals surface area contributed by atoms with E-state index in [1.165, 1.54) is 67.2 Å². The lowest BCUT2D eigenvalue weighted by Gasteiger charge is -2.12. The maximum absolute atomic E-state index is 6.18. The Morgan fingerprint density at radius 1 is 0.394 bits per heavy atom. The van der Waals surface area contributed by atoms with Gasteiger partial charge in [-0.1, -0.05) is 97.1 Å². The van der Waals surface area contributed by atoms with E-state index < -0.39 is 0 Å². The first-order chi connectivity index (χ1) is 48.1. The van der Waals surface area contributed by atoms with Crippen molar-refractivity contribution in [3.63, 3.8) is 0 Å². The Kier molecular flexibility index (Phi) is 18.8. The van der Waals surface area contributed by atoms with Crippen molar-refractivity contribution in [2.75, 3.05) is 0 Å². The lowest BCUT2D eigenvalue weighted by atomic mass is 9.93. The molecule has 0 N–H and O–H groups in total. The van der Waals surface area contributed by atoms with E-state index in [0.717, 1.165) is 90.1 Å². The van der Waals surface area contributed by atoms with Gasteiger partial charge in [0, 0.05) is 157 Å². The molecule has 0 radical (unpaired) electrons. The van der Waals surface area contributed by atoms with Crippen LogP contribution < -0.4 is 18.3 Å². The first kappa shape index (κ1) is 65.3. The monoisotopic (exact) mass is 1300 g/mol. The predicted molar refractivity (Wildman–Crippen MR) is 394 cm³/mol. The van der Waals surface area contributed by atoms with Crippen molar-refractivity contribution in [2.24, 2.45) is 56.4 Å². The summed E-state index contributed by atoms with van der Waals surface area (Å²) >= 11 is 0. The van der Waals surface area contributed by atoms with Crippen LogP contribution in [0.25, 0.3) is 135 Å². The number of furan rings is 1. The number of aryl methyl sites for hydroxylation is 7. The van der Waals surface area contributed by atoms with Gasteiger partial charge in [0.05, 0.1) is 29.3 Å². The summed E-state index contributed by atoms with van der Waals surface area (Å²) in [5.74, 6) is 3.79. The molecular formula is C84H80N14O+4. The Morgan fingerprint density at radius 3 is 1.39 bits per heavy atom. The second kappa shape index (κ2) is 28.5. The van der Waals surface area contributed by atoms with Gasteiger partial charge in [-0.15, -0.1) is 10.2 Å². The molecule has 15 heteroatoms. The lowest BCUT2D eigenvalue weighted by molar-refractivity contribution is -0.660. The molecule has 0 atom stereocenters. The number of pyridine rings is 5. The van der Waals surface area contributed by atoms with Crippen LogP contribution in [-0.4, -0.2) is 48.4 Å².